The quantitative estimate of drug-likeness (QED) is 0.713. The number of aromatic nitrogens is 3. The van der Waals surface area contributed by atoms with Gasteiger partial charge in [-0.25, -0.2) is 0 Å². The summed E-state index contributed by atoms with van der Waals surface area (Å²) in [4.78, 5) is 18.8. The molecule has 0 unspecified atom stereocenters. The lowest BCUT2D eigenvalue weighted by atomic mass is 9.86. The Balaban J connectivity index is 1.56. The lowest BCUT2D eigenvalue weighted by Gasteiger charge is -2.35. The number of pyridine rings is 1. The van der Waals surface area contributed by atoms with E-state index in [4.69, 9.17) is 9.15 Å². The highest BCUT2D eigenvalue weighted by atomic mass is 16.5. The van der Waals surface area contributed by atoms with Gasteiger partial charge in [0.2, 0.25) is 17.7 Å². The molecule has 0 spiro atoms. The molecular weight excluding hydrogens is 344 g/mol. The molecule has 0 saturated carbocycles. The van der Waals surface area contributed by atoms with Crippen molar-refractivity contribution in [3.8, 4) is 22.9 Å². The number of fused-ring (bicyclic) bond motifs is 1. The Hall–Kier alpha value is -3.06. The zero-order chi connectivity index (χ0) is 18.6. The van der Waals surface area contributed by atoms with Crippen LogP contribution in [0.5, 0.6) is 0 Å². The van der Waals surface area contributed by atoms with Crippen molar-refractivity contribution in [2.75, 3.05) is 18.1 Å². The van der Waals surface area contributed by atoms with Crippen LogP contribution in [-0.4, -0.2) is 40.3 Å². The standard InChI is InChI=1S/C20H18N4O3/c1-20(2)15-4-3-13(9-16(15)24(19(20)25)14-10-26-11-14)18-23-22-17(27-18)12-5-7-21-8-6-12/h3-9,14H,10-11H2,1-2H3. The summed E-state index contributed by atoms with van der Waals surface area (Å²) >= 11 is 0. The fraction of sp³-hybridized carbons (Fsp3) is 0.300. The molecule has 0 radical (unpaired) electrons. The SMILES string of the molecule is CC1(C)C(=O)N(C2COC2)c2cc(-c3nnc(-c4ccncc4)o3)ccc21. The van der Waals surface area contributed by atoms with E-state index in [1.807, 2.05) is 49.1 Å². The topological polar surface area (TPSA) is 81.4 Å². The van der Waals surface area contributed by atoms with E-state index in [0.29, 0.717) is 25.0 Å². The van der Waals surface area contributed by atoms with Gasteiger partial charge in [0.1, 0.15) is 0 Å². The summed E-state index contributed by atoms with van der Waals surface area (Å²) in [5.74, 6) is 0.964. The second-order valence-electron chi connectivity index (χ2n) is 7.37. The molecule has 1 aromatic carbocycles. The minimum Gasteiger partial charge on any atom is -0.416 e. The molecule has 136 valence electrons. The van der Waals surface area contributed by atoms with E-state index in [1.54, 1.807) is 12.4 Å². The zero-order valence-electron chi connectivity index (χ0n) is 15.0. The lowest BCUT2D eigenvalue weighted by Crippen LogP contribution is -2.52. The number of hydrogen-bond acceptors (Lipinski definition) is 6. The first-order valence-corrected chi connectivity index (χ1v) is 8.86. The number of carbonyl (C=O) groups excluding carboxylic acids is 1. The van der Waals surface area contributed by atoms with Crippen molar-refractivity contribution in [3.63, 3.8) is 0 Å². The third-order valence-electron chi connectivity index (χ3n) is 5.27. The maximum atomic E-state index is 13.0. The highest BCUT2D eigenvalue weighted by Crippen LogP contribution is 2.45. The van der Waals surface area contributed by atoms with Crippen LogP contribution in [-0.2, 0) is 14.9 Å². The van der Waals surface area contributed by atoms with E-state index in [1.165, 1.54) is 0 Å². The number of carbonyl (C=O) groups is 1. The van der Waals surface area contributed by atoms with Crippen molar-refractivity contribution < 1.29 is 13.9 Å². The average molecular weight is 362 g/mol. The van der Waals surface area contributed by atoms with Crippen LogP contribution in [0.3, 0.4) is 0 Å². The molecule has 4 heterocycles. The van der Waals surface area contributed by atoms with Gasteiger partial charge in [0.15, 0.2) is 0 Å². The highest BCUT2D eigenvalue weighted by Gasteiger charge is 2.48. The van der Waals surface area contributed by atoms with E-state index >= 15 is 0 Å². The fourth-order valence-corrected chi connectivity index (χ4v) is 3.60. The Morgan fingerprint density at radius 2 is 1.74 bits per heavy atom. The maximum absolute atomic E-state index is 13.0. The summed E-state index contributed by atoms with van der Waals surface area (Å²) in [6.45, 7) is 5.06. The van der Waals surface area contributed by atoms with Crippen molar-refractivity contribution in [3.05, 3.63) is 48.3 Å². The molecule has 2 aliphatic heterocycles. The molecule has 0 atom stereocenters. The van der Waals surface area contributed by atoms with E-state index in [2.05, 4.69) is 15.2 Å². The fourth-order valence-electron chi connectivity index (χ4n) is 3.60. The normalized spacial score (nSPS) is 18.4. The number of hydrogen-bond donors (Lipinski definition) is 0. The number of ether oxygens (including phenoxy) is 1. The van der Waals surface area contributed by atoms with Crippen molar-refractivity contribution in [1.29, 1.82) is 0 Å². The summed E-state index contributed by atoms with van der Waals surface area (Å²) in [6, 6.07) is 9.60. The molecule has 27 heavy (non-hydrogen) atoms. The third-order valence-corrected chi connectivity index (χ3v) is 5.27. The van der Waals surface area contributed by atoms with Gasteiger partial charge in [-0.15, -0.1) is 10.2 Å². The molecule has 0 bridgehead atoms. The van der Waals surface area contributed by atoms with Gasteiger partial charge in [-0.3, -0.25) is 9.78 Å². The van der Waals surface area contributed by atoms with Crippen LogP contribution in [0.1, 0.15) is 19.4 Å². The number of nitrogens with zero attached hydrogens (tertiary/aromatic N) is 4. The van der Waals surface area contributed by atoms with Crippen molar-refractivity contribution in [2.45, 2.75) is 25.3 Å². The number of anilines is 1. The average Bonchev–Trinajstić information content (AvgIpc) is 3.20. The Morgan fingerprint density at radius 1 is 1.04 bits per heavy atom. The van der Waals surface area contributed by atoms with Gasteiger partial charge in [-0.2, -0.15) is 0 Å². The van der Waals surface area contributed by atoms with Gasteiger partial charge in [0.25, 0.3) is 0 Å². The first-order chi connectivity index (χ1) is 13.1. The summed E-state index contributed by atoms with van der Waals surface area (Å²) in [7, 11) is 0. The van der Waals surface area contributed by atoms with Crippen LogP contribution in [0.2, 0.25) is 0 Å². The van der Waals surface area contributed by atoms with Crippen molar-refractivity contribution in [1.82, 2.24) is 15.2 Å². The third kappa shape index (κ3) is 2.39. The first-order valence-electron chi connectivity index (χ1n) is 8.86. The van der Waals surface area contributed by atoms with Gasteiger partial charge >= 0.3 is 0 Å². The Labute approximate surface area is 156 Å². The van der Waals surface area contributed by atoms with Crippen molar-refractivity contribution in [2.24, 2.45) is 0 Å². The number of benzene rings is 1. The molecule has 1 fully saturated rings. The second kappa shape index (κ2) is 5.72. The van der Waals surface area contributed by atoms with Gasteiger partial charge in [-0.1, -0.05) is 6.07 Å². The summed E-state index contributed by atoms with van der Waals surface area (Å²) in [5, 5.41) is 8.32. The number of rotatable bonds is 3. The summed E-state index contributed by atoms with van der Waals surface area (Å²) in [5.41, 5.74) is 2.96. The van der Waals surface area contributed by atoms with Crippen LogP contribution in [0.15, 0.2) is 47.1 Å². The molecule has 1 amide bonds. The summed E-state index contributed by atoms with van der Waals surface area (Å²) in [6.07, 6.45) is 3.36. The van der Waals surface area contributed by atoms with Gasteiger partial charge in [-0.05, 0) is 43.7 Å². The molecule has 0 aliphatic carbocycles. The van der Waals surface area contributed by atoms with Gasteiger partial charge < -0.3 is 14.1 Å². The predicted octanol–water partition coefficient (Wildman–Crippen LogP) is 2.82. The molecule has 2 aromatic heterocycles. The zero-order valence-corrected chi connectivity index (χ0v) is 15.0. The smallest absolute Gasteiger partial charge is 0.248 e. The monoisotopic (exact) mass is 362 g/mol. The molecule has 5 rings (SSSR count). The van der Waals surface area contributed by atoms with Crippen LogP contribution < -0.4 is 4.90 Å². The second-order valence-corrected chi connectivity index (χ2v) is 7.37. The van der Waals surface area contributed by atoms with Crippen molar-refractivity contribution >= 4 is 11.6 Å². The minimum atomic E-state index is -0.555. The van der Waals surface area contributed by atoms with Gasteiger partial charge in [0.05, 0.1) is 24.7 Å². The largest absolute Gasteiger partial charge is 0.416 e. The highest BCUT2D eigenvalue weighted by molar-refractivity contribution is 6.08. The Morgan fingerprint density at radius 3 is 2.41 bits per heavy atom. The van der Waals surface area contributed by atoms with E-state index in [0.717, 1.165) is 22.4 Å². The minimum absolute atomic E-state index is 0.0864. The maximum Gasteiger partial charge on any atom is 0.248 e. The van der Waals surface area contributed by atoms with Gasteiger partial charge in [0, 0.05) is 29.2 Å². The Kier molecular flexibility index (Phi) is 3.42. The number of amides is 1. The van der Waals surface area contributed by atoms with Crippen LogP contribution in [0.4, 0.5) is 5.69 Å². The molecule has 3 aromatic rings. The van der Waals surface area contributed by atoms with E-state index in [-0.39, 0.29) is 11.9 Å². The molecule has 1 saturated heterocycles. The first kappa shape index (κ1) is 16.1. The van der Waals surface area contributed by atoms with E-state index < -0.39 is 5.41 Å². The molecule has 7 heteroatoms. The Bertz CT molecular complexity index is 1020. The van der Waals surface area contributed by atoms with Crippen LogP contribution in [0.25, 0.3) is 22.9 Å². The molecule has 7 nitrogen and oxygen atoms in total. The van der Waals surface area contributed by atoms with Crippen LogP contribution >= 0.6 is 0 Å². The molecule has 0 N–H and O–H groups in total. The molecule has 2 aliphatic rings. The van der Waals surface area contributed by atoms with E-state index in [9.17, 15) is 4.79 Å². The summed E-state index contributed by atoms with van der Waals surface area (Å²) < 4.78 is 11.2. The lowest BCUT2D eigenvalue weighted by molar-refractivity contribution is -0.124. The molecular formula is C20H18N4O3. The van der Waals surface area contributed by atoms with Crippen LogP contribution in [0, 0.1) is 0 Å². The predicted molar refractivity (Wildman–Crippen MR) is 98.1 cm³/mol.